The molecule has 0 aliphatic rings. The van der Waals surface area contributed by atoms with Crippen molar-refractivity contribution in [3.05, 3.63) is 60.8 Å². The Morgan fingerprint density at radius 3 is 1.02 bits per heavy atom. The van der Waals surface area contributed by atoms with Crippen molar-refractivity contribution < 1.29 is 28.6 Å². The van der Waals surface area contributed by atoms with Crippen molar-refractivity contribution in [2.75, 3.05) is 13.2 Å². The van der Waals surface area contributed by atoms with E-state index in [1.165, 1.54) is 167 Å². The van der Waals surface area contributed by atoms with Gasteiger partial charge in [-0.1, -0.05) is 248 Å². The molecule has 0 amide bonds. The first kappa shape index (κ1) is 63.1. The van der Waals surface area contributed by atoms with E-state index in [2.05, 4.69) is 81.5 Å². The van der Waals surface area contributed by atoms with Gasteiger partial charge in [0.05, 0.1) is 0 Å². The van der Waals surface area contributed by atoms with E-state index in [9.17, 15) is 14.4 Å². The largest absolute Gasteiger partial charge is 0.462 e. The van der Waals surface area contributed by atoms with Gasteiger partial charge in [0.2, 0.25) is 0 Å². The van der Waals surface area contributed by atoms with Crippen LogP contribution in [0.4, 0.5) is 0 Å². The lowest BCUT2D eigenvalue weighted by atomic mass is 10.0. The van der Waals surface area contributed by atoms with Crippen molar-refractivity contribution in [2.24, 2.45) is 0 Å². The lowest BCUT2D eigenvalue weighted by molar-refractivity contribution is -0.167. The Balaban J connectivity index is 4.48. The predicted octanol–water partition coefficient (Wildman–Crippen LogP) is 18.8. The molecule has 1 atom stereocenters. The summed E-state index contributed by atoms with van der Waals surface area (Å²) in [5.74, 6) is -0.969. The van der Waals surface area contributed by atoms with Crippen LogP contribution >= 0.6 is 0 Å². The molecule has 0 rings (SSSR count). The average Bonchev–Trinajstić information content (AvgIpc) is 3.31. The number of allylic oxidation sites excluding steroid dienone is 10. The molecular weight excluding hydrogens is 817 g/mol. The van der Waals surface area contributed by atoms with E-state index < -0.39 is 6.10 Å². The second-order valence-electron chi connectivity index (χ2n) is 18.9. The minimum absolute atomic E-state index is 0.0982. The lowest BCUT2D eigenvalue weighted by Gasteiger charge is -2.18. The fraction of sp³-hybridized carbons (Fsp3) is 0.783. The Kier molecular flexibility index (Phi) is 52.3. The van der Waals surface area contributed by atoms with E-state index in [0.717, 1.165) is 70.6 Å². The van der Waals surface area contributed by atoms with Crippen LogP contribution in [0, 0.1) is 0 Å². The number of carbonyl (C=O) groups excluding carboxylic acids is 3. The highest BCUT2D eigenvalue weighted by molar-refractivity contribution is 5.71. The van der Waals surface area contributed by atoms with Crippen molar-refractivity contribution in [1.29, 1.82) is 0 Å². The zero-order chi connectivity index (χ0) is 47.9. The molecule has 0 aliphatic carbocycles. The molecule has 382 valence electrons. The Labute approximate surface area is 409 Å². The van der Waals surface area contributed by atoms with Gasteiger partial charge in [-0.2, -0.15) is 0 Å². The van der Waals surface area contributed by atoms with Crippen LogP contribution in [-0.2, 0) is 28.6 Å². The Morgan fingerprint density at radius 1 is 0.318 bits per heavy atom. The van der Waals surface area contributed by atoms with Crippen molar-refractivity contribution in [2.45, 2.75) is 290 Å². The maximum Gasteiger partial charge on any atom is 0.306 e. The molecule has 6 nitrogen and oxygen atoms in total. The first-order valence-corrected chi connectivity index (χ1v) is 28.3. The quantitative estimate of drug-likeness (QED) is 0.0199. The smallest absolute Gasteiger partial charge is 0.306 e. The van der Waals surface area contributed by atoms with Crippen LogP contribution in [0.5, 0.6) is 0 Å². The van der Waals surface area contributed by atoms with E-state index in [1.54, 1.807) is 0 Å². The standard InChI is InChI=1S/C60H106O6/c1-4-7-10-13-16-19-22-25-28-30-33-35-38-41-44-47-50-53-59(62)65-56-57(55-64-58(61)52-49-46-43-40-37-34-31-27-24-21-18-15-12-9-6-3)66-60(63)54-51-48-45-42-39-36-32-29-26-23-20-17-14-11-8-5-2/h25,28-29,32-33,35-36,39,41,44,57H,4-24,26-27,30-31,34,37-38,40,42-43,45-56H2,1-3H3/b28-25-,32-29-,35-33-,39-36-,44-41-. The third kappa shape index (κ3) is 52.1. The topological polar surface area (TPSA) is 78.9 Å². The van der Waals surface area contributed by atoms with Crippen LogP contribution in [0.3, 0.4) is 0 Å². The van der Waals surface area contributed by atoms with Crippen LogP contribution in [-0.4, -0.2) is 37.2 Å². The Hall–Kier alpha value is -2.89. The maximum absolute atomic E-state index is 12.8. The summed E-state index contributed by atoms with van der Waals surface area (Å²) in [5.41, 5.74) is 0. The molecule has 0 aliphatic heterocycles. The average molecular weight is 924 g/mol. The predicted molar refractivity (Wildman–Crippen MR) is 284 cm³/mol. The number of unbranched alkanes of at least 4 members (excludes halogenated alkanes) is 31. The number of hydrogen-bond acceptors (Lipinski definition) is 6. The number of ether oxygens (including phenoxy) is 3. The van der Waals surface area contributed by atoms with Gasteiger partial charge in [-0.05, 0) is 77.0 Å². The molecule has 0 spiro atoms. The van der Waals surface area contributed by atoms with E-state index >= 15 is 0 Å². The highest BCUT2D eigenvalue weighted by atomic mass is 16.6. The minimum Gasteiger partial charge on any atom is -0.462 e. The van der Waals surface area contributed by atoms with Crippen LogP contribution in [0.2, 0.25) is 0 Å². The monoisotopic (exact) mass is 923 g/mol. The van der Waals surface area contributed by atoms with Gasteiger partial charge < -0.3 is 14.2 Å². The number of carbonyl (C=O) groups is 3. The third-order valence-corrected chi connectivity index (χ3v) is 12.3. The van der Waals surface area contributed by atoms with Crippen LogP contribution in [0.25, 0.3) is 0 Å². The first-order chi connectivity index (χ1) is 32.5. The fourth-order valence-electron chi connectivity index (χ4n) is 7.98. The second kappa shape index (κ2) is 54.7. The van der Waals surface area contributed by atoms with Gasteiger partial charge in [0.1, 0.15) is 13.2 Å². The van der Waals surface area contributed by atoms with E-state index in [0.29, 0.717) is 12.8 Å². The highest BCUT2D eigenvalue weighted by Gasteiger charge is 2.19. The zero-order valence-corrected chi connectivity index (χ0v) is 43.7. The molecule has 0 saturated heterocycles. The molecule has 0 aromatic carbocycles. The molecular formula is C60H106O6. The third-order valence-electron chi connectivity index (χ3n) is 12.3. The molecule has 0 aromatic rings. The summed E-state index contributed by atoms with van der Waals surface area (Å²) in [6.07, 6.45) is 67.9. The summed E-state index contributed by atoms with van der Waals surface area (Å²) >= 11 is 0. The summed E-state index contributed by atoms with van der Waals surface area (Å²) < 4.78 is 16.8. The lowest BCUT2D eigenvalue weighted by Crippen LogP contribution is -2.30. The van der Waals surface area contributed by atoms with Crippen LogP contribution in [0.1, 0.15) is 284 Å². The second-order valence-corrected chi connectivity index (χ2v) is 18.9. The Bertz CT molecular complexity index is 1200. The molecule has 6 heteroatoms. The van der Waals surface area contributed by atoms with Crippen molar-refractivity contribution in [1.82, 2.24) is 0 Å². The molecule has 0 aromatic heterocycles. The molecule has 0 heterocycles. The zero-order valence-electron chi connectivity index (χ0n) is 43.7. The highest BCUT2D eigenvalue weighted by Crippen LogP contribution is 2.15. The molecule has 0 radical (unpaired) electrons. The number of esters is 3. The molecule has 0 N–H and O–H groups in total. The van der Waals surface area contributed by atoms with Gasteiger partial charge >= 0.3 is 17.9 Å². The summed E-state index contributed by atoms with van der Waals surface area (Å²) in [6.45, 7) is 6.58. The van der Waals surface area contributed by atoms with Crippen molar-refractivity contribution in [3.8, 4) is 0 Å². The minimum atomic E-state index is -0.806. The maximum atomic E-state index is 12.8. The normalized spacial score (nSPS) is 12.5. The SMILES string of the molecule is CCCCCCCC/C=C\C/C=C\C/C=C\CCCC(=O)OCC(COC(=O)CCCCCCCCCCCCCCCCC)OC(=O)CCCCC/C=C\C=C/CCCCCCCCC. The van der Waals surface area contributed by atoms with Gasteiger partial charge in [-0.25, -0.2) is 0 Å². The summed E-state index contributed by atoms with van der Waals surface area (Å²) in [5, 5.41) is 0. The van der Waals surface area contributed by atoms with E-state index in [4.69, 9.17) is 14.2 Å². The first-order valence-electron chi connectivity index (χ1n) is 28.3. The summed E-state index contributed by atoms with van der Waals surface area (Å²) in [4.78, 5) is 38.1. The van der Waals surface area contributed by atoms with Crippen LogP contribution < -0.4 is 0 Å². The van der Waals surface area contributed by atoms with Gasteiger partial charge in [-0.15, -0.1) is 0 Å². The molecule has 66 heavy (non-hydrogen) atoms. The van der Waals surface area contributed by atoms with E-state index in [-0.39, 0.29) is 44.0 Å². The molecule has 0 bridgehead atoms. The molecule has 0 saturated carbocycles. The van der Waals surface area contributed by atoms with Gasteiger partial charge in [0.15, 0.2) is 6.10 Å². The van der Waals surface area contributed by atoms with Crippen LogP contribution in [0.15, 0.2) is 60.8 Å². The number of rotatable bonds is 51. The van der Waals surface area contributed by atoms with E-state index in [1.807, 2.05) is 0 Å². The fourth-order valence-corrected chi connectivity index (χ4v) is 7.98. The van der Waals surface area contributed by atoms with Crippen molar-refractivity contribution in [3.63, 3.8) is 0 Å². The van der Waals surface area contributed by atoms with Crippen molar-refractivity contribution >= 4 is 17.9 Å². The summed E-state index contributed by atoms with van der Waals surface area (Å²) in [7, 11) is 0. The summed E-state index contributed by atoms with van der Waals surface area (Å²) in [6, 6.07) is 0. The van der Waals surface area contributed by atoms with Gasteiger partial charge in [-0.3, -0.25) is 14.4 Å². The van der Waals surface area contributed by atoms with Gasteiger partial charge in [0.25, 0.3) is 0 Å². The molecule has 1 unspecified atom stereocenters. The number of hydrogen-bond donors (Lipinski definition) is 0. The van der Waals surface area contributed by atoms with Gasteiger partial charge in [0, 0.05) is 19.3 Å². The molecule has 0 fully saturated rings. The Morgan fingerprint density at radius 2 is 0.606 bits per heavy atom.